The van der Waals surface area contributed by atoms with Crippen LogP contribution in [0.1, 0.15) is 25.7 Å². The summed E-state index contributed by atoms with van der Waals surface area (Å²) in [4.78, 5) is 13.5. The first-order valence-corrected chi connectivity index (χ1v) is 4.79. The van der Waals surface area contributed by atoms with E-state index in [0.29, 0.717) is 24.2 Å². The predicted molar refractivity (Wildman–Crippen MR) is 42.6 cm³/mol. The van der Waals surface area contributed by atoms with Crippen molar-refractivity contribution in [3.63, 3.8) is 0 Å². The molecule has 0 aromatic carbocycles. The summed E-state index contributed by atoms with van der Waals surface area (Å²) in [5.41, 5.74) is 0. The summed E-state index contributed by atoms with van der Waals surface area (Å²) in [5.74, 6) is 0.347. The van der Waals surface area contributed by atoms with Gasteiger partial charge in [0.05, 0.1) is 6.10 Å². The molecule has 3 fully saturated rings. The minimum absolute atomic E-state index is 0.347. The van der Waals surface area contributed by atoms with Crippen LogP contribution in [0, 0.1) is 0 Å². The highest BCUT2D eigenvalue weighted by Gasteiger charge is 2.49. The number of piperidine rings is 2. The van der Waals surface area contributed by atoms with Gasteiger partial charge in [-0.05, 0) is 19.3 Å². The van der Waals surface area contributed by atoms with Crippen LogP contribution in [0.15, 0.2) is 0 Å². The van der Waals surface area contributed by atoms with Gasteiger partial charge in [-0.2, -0.15) is 0 Å². The van der Waals surface area contributed by atoms with Crippen molar-refractivity contribution >= 4 is 5.91 Å². The summed E-state index contributed by atoms with van der Waals surface area (Å²) in [6, 6.07) is 0.509. The van der Waals surface area contributed by atoms with Gasteiger partial charge in [-0.3, -0.25) is 4.79 Å². The minimum atomic E-state index is 0.347. The number of fused-ring (bicyclic) bond motifs is 2. The lowest BCUT2D eigenvalue weighted by Gasteiger charge is -2.37. The van der Waals surface area contributed by atoms with E-state index in [9.17, 15) is 4.79 Å². The highest BCUT2D eigenvalue weighted by atomic mass is 16.6. The molecule has 0 spiro atoms. The number of ether oxygens (including phenoxy) is 1. The van der Waals surface area contributed by atoms with E-state index in [0.717, 1.165) is 25.8 Å². The van der Waals surface area contributed by atoms with E-state index in [2.05, 4.69) is 0 Å². The molecule has 3 aliphatic heterocycles. The number of carbonyl (C=O) groups excluding carboxylic acids is 1. The molecule has 1 amide bonds. The van der Waals surface area contributed by atoms with Gasteiger partial charge in [0.15, 0.2) is 0 Å². The molecule has 3 heterocycles. The standard InChI is InChI=1S/C9H13NO2/c11-9-3-1-2-6-4-7-8(12-7)5-10(6)9/h6-8H,1-5H2. The summed E-state index contributed by atoms with van der Waals surface area (Å²) in [5, 5.41) is 0. The summed E-state index contributed by atoms with van der Waals surface area (Å²) in [6.07, 6.45) is 5.01. The number of hydrogen-bond donors (Lipinski definition) is 0. The molecule has 0 aromatic rings. The zero-order valence-electron chi connectivity index (χ0n) is 7.03. The average Bonchev–Trinajstić information content (AvgIpc) is 2.79. The van der Waals surface area contributed by atoms with E-state index < -0.39 is 0 Å². The normalized spacial score (nSPS) is 45.2. The number of epoxide rings is 1. The maximum Gasteiger partial charge on any atom is 0.222 e. The number of hydrogen-bond acceptors (Lipinski definition) is 2. The Hall–Kier alpha value is -0.570. The molecule has 3 unspecified atom stereocenters. The minimum Gasteiger partial charge on any atom is -0.368 e. The molecule has 0 radical (unpaired) electrons. The average molecular weight is 167 g/mol. The number of rotatable bonds is 0. The van der Waals surface area contributed by atoms with Crippen LogP contribution in [-0.2, 0) is 9.53 Å². The second-order valence-corrected chi connectivity index (χ2v) is 4.04. The lowest BCUT2D eigenvalue weighted by molar-refractivity contribution is -0.137. The van der Waals surface area contributed by atoms with Gasteiger partial charge in [-0.15, -0.1) is 0 Å². The van der Waals surface area contributed by atoms with Gasteiger partial charge in [0.2, 0.25) is 5.91 Å². The highest BCUT2D eigenvalue weighted by Crippen LogP contribution is 2.37. The van der Waals surface area contributed by atoms with E-state index in [4.69, 9.17) is 4.74 Å². The smallest absolute Gasteiger partial charge is 0.222 e. The monoisotopic (exact) mass is 167 g/mol. The van der Waals surface area contributed by atoms with Crippen LogP contribution in [0.4, 0.5) is 0 Å². The van der Waals surface area contributed by atoms with Crippen molar-refractivity contribution in [3.05, 3.63) is 0 Å². The second kappa shape index (κ2) is 2.22. The van der Waals surface area contributed by atoms with Crippen molar-refractivity contribution in [2.75, 3.05) is 6.54 Å². The molecule has 0 bridgehead atoms. The Morgan fingerprint density at radius 2 is 2.33 bits per heavy atom. The Kier molecular flexibility index (Phi) is 1.28. The lowest BCUT2D eigenvalue weighted by atomic mass is 9.93. The molecule has 3 atom stereocenters. The van der Waals surface area contributed by atoms with Gasteiger partial charge in [0.1, 0.15) is 6.10 Å². The summed E-state index contributed by atoms with van der Waals surface area (Å²) < 4.78 is 5.42. The number of carbonyl (C=O) groups is 1. The molecule has 0 aliphatic carbocycles. The lowest BCUT2D eigenvalue weighted by Crippen LogP contribution is -2.49. The first kappa shape index (κ1) is 6.89. The molecular weight excluding hydrogens is 154 g/mol. The van der Waals surface area contributed by atoms with Crippen LogP contribution in [0.3, 0.4) is 0 Å². The van der Waals surface area contributed by atoms with Gasteiger partial charge < -0.3 is 9.64 Å². The Morgan fingerprint density at radius 1 is 1.42 bits per heavy atom. The molecule has 3 heteroatoms. The van der Waals surface area contributed by atoms with Gasteiger partial charge in [-0.1, -0.05) is 0 Å². The summed E-state index contributed by atoms with van der Waals surface area (Å²) in [7, 11) is 0. The Balaban J connectivity index is 1.80. The maximum absolute atomic E-state index is 11.5. The number of nitrogens with zero attached hydrogens (tertiary/aromatic N) is 1. The Bertz CT molecular complexity index is 229. The molecule has 0 aromatic heterocycles. The van der Waals surface area contributed by atoms with E-state index in [1.807, 2.05) is 4.90 Å². The Morgan fingerprint density at radius 3 is 3.25 bits per heavy atom. The first-order valence-electron chi connectivity index (χ1n) is 4.79. The van der Waals surface area contributed by atoms with E-state index >= 15 is 0 Å². The molecule has 3 rings (SSSR count). The summed E-state index contributed by atoms with van der Waals surface area (Å²) >= 11 is 0. The van der Waals surface area contributed by atoms with E-state index in [1.165, 1.54) is 6.42 Å². The molecule has 3 nitrogen and oxygen atoms in total. The van der Waals surface area contributed by atoms with Crippen LogP contribution in [-0.4, -0.2) is 35.6 Å². The topological polar surface area (TPSA) is 32.8 Å². The first-order chi connectivity index (χ1) is 5.84. The largest absolute Gasteiger partial charge is 0.368 e. The summed E-state index contributed by atoms with van der Waals surface area (Å²) in [6.45, 7) is 0.869. The number of amides is 1. The molecular formula is C9H13NO2. The van der Waals surface area contributed by atoms with E-state index in [-0.39, 0.29) is 0 Å². The SMILES string of the molecule is O=C1CCCC2CC3OC3CN12. The third kappa shape index (κ3) is 0.891. The molecule has 66 valence electrons. The van der Waals surface area contributed by atoms with Gasteiger partial charge in [0, 0.05) is 19.0 Å². The van der Waals surface area contributed by atoms with Crippen molar-refractivity contribution in [2.45, 2.75) is 43.9 Å². The van der Waals surface area contributed by atoms with Crippen LogP contribution < -0.4 is 0 Å². The third-order valence-corrected chi connectivity index (χ3v) is 3.26. The van der Waals surface area contributed by atoms with Crippen LogP contribution in [0.25, 0.3) is 0 Å². The van der Waals surface area contributed by atoms with Crippen molar-refractivity contribution in [2.24, 2.45) is 0 Å². The molecule has 0 N–H and O–H groups in total. The van der Waals surface area contributed by atoms with Crippen molar-refractivity contribution in [1.82, 2.24) is 4.90 Å². The second-order valence-electron chi connectivity index (χ2n) is 4.04. The van der Waals surface area contributed by atoms with Crippen molar-refractivity contribution in [3.8, 4) is 0 Å². The fourth-order valence-electron chi connectivity index (χ4n) is 2.50. The fraction of sp³-hybridized carbons (Fsp3) is 0.889. The van der Waals surface area contributed by atoms with Crippen molar-refractivity contribution in [1.29, 1.82) is 0 Å². The van der Waals surface area contributed by atoms with E-state index in [1.54, 1.807) is 0 Å². The molecule has 0 saturated carbocycles. The Labute approximate surface area is 71.7 Å². The van der Waals surface area contributed by atoms with Crippen LogP contribution in [0.5, 0.6) is 0 Å². The third-order valence-electron chi connectivity index (χ3n) is 3.26. The predicted octanol–water partition coefficient (Wildman–Crippen LogP) is 0.539. The van der Waals surface area contributed by atoms with Crippen molar-refractivity contribution < 1.29 is 9.53 Å². The maximum atomic E-state index is 11.5. The molecule has 12 heavy (non-hydrogen) atoms. The molecule has 3 saturated heterocycles. The molecule has 3 aliphatic rings. The van der Waals surface area contributed by atoms with Gasteiger partial charge >= 0.3 is 0 Å². The van der Waals surface area contributed by atoms with Gasteiger partial charge in [0.25, 0.3) is 0 Å². The fourth-order valence-corrected chi connectivity index (χ4v) is 2.50. The van der Waals surface area contributed by atoms with Crippen LogP contribution >= 0.6 is 0 Å². The quantitative estimate of drug-likeness (QED) is 0.493. The van der Waals surface area contributed by atoms with Crippen LogP contribution in [0.2, 0.25) is 0 Å². The zero-order chi connectivity index (χ0) is 8.13. The zero-order valence-corrected chi connectivity index (χ0v) is 7.03. The highest BCUT2D eigenvalue weighted by molar-refractivity contribution is 5.77. The van der Waals surface area contributed by atoms with Gasteiger partial charge in [-0.25, -0.2) is 0 Å².